The van der Waals surface area contributed by atoms with E-state index in [1.807, 2.05) is 0 Å². The third-order valence-electron chi connectivity index (χ3n) is 1.50. The van der Waals surface area contributed by atoms with E-state index in [1.54, 1.807) is 6.08 Å². The molecule has 1 rings (SSSR count). The van der Waals surface area contributed by atoms with Gasteiger partial charge in [0.1, 0.15) is 11.6 Å². The van der Waals surface area contributed by atoms with Gasteiger partial charge in [-0.2, -0.15) is 0 Å². The van der Waals surface area contributed by atoms with Crippen molar-refractivity contribution in [3.8, 4) is 5.75 Å². The van der Waals surface area contributed by atoms with Crippen LogP contribution in [0.1, 0.15) is 5.56 Å². The molecule has 0 fully saturated rings. The average molecular weight is 202 g/mol. The van der Waals surface area contributed by atoms with Crippen molar-refractivity contribution in [2.45, 2.75) is 0 Å². The van der Waals surface area contributed by atoms with Crippen LogP contribution >= 0.6 is 11.6 Å². The Morgan fingerprint density at radius 1 is 1.54 bits per heavy atom. The molecule has 0 aromatic heterocycles. The van der Waals surface area contributed by atoms with Crippen LogP contribution in [0.4, 0.5) is 4.39 Å². The second-order valence-corrected chi connectivity index (χ2v) is 2.87. The quantitative estimate of drug-likeness (QED) is 0.770. The molecule has 3 N–H and O–H groups in total. The van der Waals surface area contributed by atoms with E-state index in [0.29, 0.717) is 12.1 Å². The topological polar surface area (TPSA) is 46.2 Å². The van der Waals surface area contributed by atoms with Gasteiger partial charge in [-0.3, -0.25) is 0 Å². The molecule has 0 amide bonds. The van der Waals surface area contributed by atoms with Crippen LogP contribution in [0.15, 0.2) is 18.2 Å². The van der Waals surface area contributed by atoms with Gasteiger partial charge in [-0.15, -0.1) is 0 Å². The molecule has 1 aromatic carbocycles. The van der Waals surface area contributed by atoms with Gasteiger partial charge < -0.3 is 10.8 Å². The average Bonchev–Trinajstić information content (AvgIpc) is 2.09. The van der Waals surface area contributed by atoms with Crippen molar-refractivity contribution in [3.63, 3.8) is 0 Å². The standard InChI is InChI=1S/C9H9ClFNO/c10-7-4-6(2-1-3-12)8(11)5-9(7)13/h1-2,4-5,13H,3,12H2/b2-1+. The number of phenolic OH excluding ortho intramolecular Hbond substituents is 1. The van der Waals surface area contributed by atoms with Crippen molar-refractivity contribution < 1.29 is 9.50 Å². The van der Waals surface area contributed by atoms with Crippen LogP contribution in [0.2, 0.25) is 5.02 Å². The summed E-state index contributed by atoms with van der Waals surface area (Å²) in [7, 11) is 0. The van der Waals surface area contributed by atoms with Crippen molar-refractivity contribution in [1.82, 2.24) is 0 Å². The Morgan fingerprint density at radius 3 is 2.85 bits per heavy atom. The summed E-state index contributed by atoms with van der Waals surface area (Å²) in [5.41, 5.74) is 5.52. The highest BCUT2D eigenvalue weighted by atomic mass is 35.5. The molecule has 70 valence electrons. The molecule has 0 bridgehead atoms. The van der Waals surface area contributed by atoms with E-state index in [9.17, 15) is 4.39 Å². The third-order valence-corrected chi connectivity index (χ3v) is 1.80. The van der Waals surface area contributed by atoms with E-state index in [0.717, 1.165) is 6.07 Å². The van der Waals surface area contributed by atoms with Gasteiger partial charge in [0.05, 0.1) is 5.02 Å². The van der Waals surface area contributed by atoms with Crippen LogP contribution in [0.5, 0.6) is 5.75 Å². The van der Waals surface area contributed by atoms with Crippen molar-refractivity contribution in [3.05, 3.63) is 34.6 Å². The largest absolute Gasteiger partial charge is 0.506 e. The molecular weight excluding hydrogens is 193 g/mol. The maximum absolute atomic E-state index is 13.0. The van der Waals surface area contributed by atoms with E-state index >= 15 is 0 Å². The monoisotopic (exact) mass is 201 g/mol. The smallest absolute Gasteiger partial charge is 0.137 e. The molecule has 0 aliphatic carbocycles. The SMILES string of the molecule is NC/C=C/c1cc(Cl)c(O)cc1F. The van der Waals surface area contributed by atoms with Gasteiger partial charge in [0.2, 0.25) is 0 Å². The first-order valence-corrected chi connectivity index (χ1v) is 4.07. The fraction of sp³-hybridized carbons (Fsp3) is 0.111. The van der Waals surface area contributed by atoms with Crippen LogP contribution in [-0.2, 0) is 0 Å². The summed E-state index contributed by atoms with van der Waals surface area (Å²) in [5, 5.41) is 9.15. The molecule has 1 aromatic rings. The number of halogens is 2. The molecule has 0 aliphatic rings. The summed E-state index contributed by atoms with van der Waals surface area (Å²) < 4.78 is 13.0. The lowest BCUT2D eigenvalue weighted by Gasteiger charge is -2.00. The summed E-state index contributed by atoms with van der Waals surface area (Å²) >= 11 is 5.58. The second-order valence-electron chi connectivity index (χ2n) is 2.46. The normalized spacial score (nSPS) is 11.0. The van der Waals surface area contributed by atoms with Gasteiger partial charge in [-0.1, -0.05) is 23.8 Å². The van der Waals surface area contributed by atoms with Gasteiger partial charge in [-0.25, -0.2) is 4.39 Å². The molecule has 0 aliphatic heterocycles. The Labute approximate surface area is 80.4 Å². The minimum Gasteiger partial charge on any atom is -0.506 e. The third kappa shape index (κ3) is 2.44. The van der Waals surface area contributed by atoms with Crippen LogP contribution in [0.25, 0.3) is 6.08 Å². The molecule has 0 heterocycles. The number of hydrogen-bond acceptors (Lipinski definition) is 2. The van der Waals surface area contributed by atoms with Crippen molar-refractivity contribution in [2.24, 2.45) is 5.73 Å². The molecule has 13 heavy (non-hydrogen) atoms. The molecule has 0 saturated heterocycles. The lowest BCUT2D eigenvalue weighted by molar-refractivity contribution is 0.469. The maximum Gasteiger partial charge on any atom is 0.137 e. The molecule has 0 radical (unpaired) electrons. The summed E-state index contributed by atoms with van der Waals surface area (Å²) in [5.74, 6) is -0.782. The molecule has 0 saturated carbocycles. The van der Waals surface area contributed by atoms with Crippen LogP contribution in [-0.4, -0.2) is 11.7 Å². The molecule has 2 nitrogen and oxygen atoms in total. The predicted molar refractivity (Wildman–Crippen MR) is 51.2 cm³/mol. The van der Waals surface area contributed by atoms with Gasteiger partial charge in [0.15, 0.2) is 0 Å². The van der Waals surface area contributed by atoms with Gasteiger partial charge >= 0.3 is 0 Å². The minimum absolute atomic E-state index is 0.123. The molecule has 0 spiro atoms. The van der Waals surface area contributed by atoms with E-state index in [2.05, 4.69) is 0 Å². The van der Waals surface area contributed by atoms with E-state index < -0.39 is 5.82 Å². The Balaban J connectivity index is 3.08. The highest BCUT2D eigenvalue weighted by Crippen LogP contribution is 2.26. The second kappa shape index (κ2) is 4.25. The van der Waals surface area contributed by atoms with Crippen molar-refractivity contribution >= 4 is 17.7 Å². The summed E-state index contributed by atoms with van der Waals surface area (Å²) in [6.45, 7) is 0.331. The zero-order chi connectivity index (χ0) is 9.84. The van der Waals surface area contributed by atoms with E-state index in [1.165, 1.54) is 12.1 Å². The van der Waals surface area contributed by atoms with Crippen LogP contribution in [0.3, 0.4) is 0 Å². The van der Waals surface area contributed by atoms with E-state index in [4.69, 9.17) is 22.4 Å². The number of aromatic hydroxyl groups is 1. The summed E-state index contributed by atoms with van der Waals surface area (Å²) in [4.78, 5) is 0. The summed E-state index contributed by atoms with van der Waals surface area (Å²) in [6.07, 6.45) is 3.12. The molecule has 4 heteroatoms. The zero-order valence-electron chi connectivity index (χ0n) is 6.80. The Morgan fingerprint density at radius 2 is 2.23 bits per heavy atom. The lowest BCUT2D eigenvalue weighted by Crippen LogP contribution is -1.92. The van der Waals surface area contributed by atoms with Crippen molar-refractivity contribution in [2.75, 3.05) is 6.54 Å². The summed E-state index contributed by atoms with van der Waals surface area (Å²) in [6, 6.07) is 2.32. The number of phenols is 1. The maximum atomic E-state index is 13.0. The van der Waals surface area contributed by atoms with Gasteiger partial charge in [0.25, 0.3) is 0 Å². The zero-order valence-corrected chi connectivity index (χ0v) is 7.55. The molecule has 0 unspecified atom stereocenters. The Kier molecular flexibility index (Phi) is 3.28. The lowest BCUT2D eigenvalue weighted by atomic mass is 10.2. The van der Waals surface area contributed by atoms with Gasteiger partial charge in [-0.05, 0) is 6.07 Å². The number of rotatable bonds is 2. The van der Waals surface area contributed by atoms with Crippen LogP contribution in [0, 0.1) is 5.82 Å². The highest BCUT2D eigenvalue weighted by molar-refractivity contribution is 6.32. The predicted octanol–water partition coefficient (Wildman–Crippen LogP) is 2.16. The number of nitrogens with two attached hydrogens (primary N) is 1. The number of benzene rings is 1. The van der Waals surface area contributed by atoms with E-state index in [-0.39, 0.29) is 10.8 Å². The molecular formula is C9H9ClFNO. The highest BCUT2D eigenvalue weighted by Gasteiger charge is 2.04. The van der Waals surface area contributed by atoms with Crippen LogP contribution < -0.4 is 5.73 Å². The Bertz CT molecular complexity index is 339. The van der Waals surface area contributed by atoms with Crippen molar-refractivity contribution in [1.29, 1.82) is 0 Å². The first-order chi connectivity index (χ1) is 6.15. The fourth-order valence-corrected chi connectivity index (χ4v) is 1.05. The number of hydrogen-bond donors (Lipinski definition) is 2. The first-order valence-electron chi connectivity index (χ1n) is 3.69. The fourth-order valence-electron chi connectivity index (χ4n) is 0.874. The first kappa shape index (κ1) is 10.0. The van der Waals surface area contributed by atoms with Gasteiger partial charge in [0, 0.05) is 18.2 Å². The Hall–Kier alpha value is -1.06. The minimum atomic E-state index is -0.522. The molecule has 0 atom stereocenters.